The summed E-state index contributed by atoms with van der Waals surface area (Å²) < 4.78 is 55.6. The zero-order valence-electron chi connectivity index (χ0n) is 47.1. The Labute approximate surface area is 439 Å². The van der Waals surface area contributed by atoms with Gasteiger partial charge in [-0.2, -0.15) is 0 Å². The van der Waals surface area contributed by atoms with Crippen LogP contribution in [-0.4, -0.2) is 156 Å². The van der Waals surface area contributed by atoms with E-state index in [2.05, 4.69) is 58.3 Å². The molecule has 0 aromatic rings. The van der Waals surface area contributed by atoms with Crippen molar-refractivity contribution in [2.45, 2.75) is 182 Å². The van der Waals surface area contributed by atoms with E-state index in [-0.39, 0.29) is 51.0 Å². The van der Waals surface area contributed by atoms with Crippen LogP contribution in [0.5, 0.6) is 0 Å². The lowest BCUT2D eigenvalue weighted by Gasteiger charge is -2.20. The van der Waals surface area contributed by atoms with Gasteiger partial charge in [0, 0.05) is 39.8 Å². The maximum atomic E-state index is 12.1. The lowest BCUT2D eigenvalue weighted by molar-refractivity contribution is -0.144. The van der Waals surface area contributed by atoms with Gasteiger partial charge in [-0.05, 0) is 55.8 Å². The molecule has 2 N–H and O–H groups in total. The van der Waals surface area contributed by atoms with Crippen LogP contribution in [-0.2, 0) is 61.8 Å². The molecule has 0 spiro atoms. The molecule has 0 bridgehead atoms. The molecule has 0 aromatic carbocycles. The normalized spacial score (nSPS) is 13.4. The van der Waals surface area contributed by atoms with E-state index in [1.54, 1.807) is 7.11 Å². The number of allylic oxidation sites excluding steroid dienone is 1. The maximum Gasteiger partial charge on any atom is 0.320 e. The summed E-state index contributed by atoms with van der Waals surface area (Å²) in [6.45, 7) is 21.4. The molecular formula is C57H110N2O13. The van der Waals surface area contributed by atoms with Crippen LogP contribution in [0.2, 0.25) is 0 Å². The van der Waals surface area contributed by atoms with Gasteiger partial charge in [-0.3, -0.25) is 14.4 Å². The predicted molar refractivity (Wildman–Crippen MR) is 288 cm³/mol. The SMILES string of the molecule is CCCCCC/C=C\COC(=O)CCCCCCCOCC(COCCOCCOCCOCCOC(=O)CNCCOC(=O)CNCCOC)OCCC(C)CCCC(C)CCCC(C)CCCC(C)C. The Hall–Kier alpha value is -2.21. The lowest BCUT2D eigenvalue weighted by atomic mass is 9.91. The number of esters is 3. The smallest absolute Gasteiger partial charge is 0.320 e. The van der Waals surface area contributed by atoms with Crippen molar-refractivity contribution in [1.82, 2.24) is 10.6 Å². The Morgan fingerprint density at radius 2 is 0.944 bits per heavy atom. The third kappa shape index (κ3) is 54.1. The number of unbranched alkanes of at least 4 members (excludes halogenated alkanes) is 8. The van der Waals surface area contributed by atoms with Gasteiger partial charge < -0.3 is 58.0 Å². The molecule has 72 heavy (non-hydrogen) atoms. The topological polar surface area (TPSA) is 168 Å². The van der Waals surface area contributed by atoms with Crippen LogP contribution in [0.25, 0.3) is 0 Å². The molecule has 0 aliphatic rings. The van der Waals surface area contributed by atoms with Gasteiger partial charge >= 0.3 is 17.9 Å². The van der Waals surface area contributed by atoms with E-state index in [0.717, 1.165) is 62.7 Å². The van der Waals surface area contributed by atoms with Crippen LogP contribution in [0.15, 0.2) is 12.2 Å². The maximum absolute atomic E-state index is 12.1. The second-order valence-electron chi connectivity index (χ2n) is 20.1. The molecule has 0 saturated carbocycles. The van der Waals surface area contributed by atoms with Gasteiger partial charge in [0.15, 0.2) is 0 Å². The molecule has 0 aliphatic carbocycles. The molecule has 0 aliphatic heterocycles. The van der Waals surface area contributed by atoms with E-state index < -0.39 is 5.97 Å². The molecule has 4 atom stereocenters. The summed E-state index contributed by atoms with van der Waals surface area (Å²) in [5.74, 6) is 2.19. The first-order valence-corrected chi connectivity index (χ1v) is 28.6. The molecule has 0 amide bonds. The summed E-state index contributed by atoms with van der Waals surface area (Å²) in [7, 11) is 1.59. The molecular weight excluding hydrogens is 921 g/mol. The second-order valence-corrected chi connectivity index (χ2v) is 20.1. The molecule has 0 aromatic heterocycles. The van der Waals surface area contributed by atoms with Gasteiger partial charge in [-0.15, -0.1) is 0 Å². The molecule has 0 saturated heterocycles. The van der Waals surface area contributed by atoms with Crippen LogP contribution in [0.4, 0.5) is 0 Å². The number of rotatable bonds is 57. The summed E-state index contributed by atoms with van der Waals surface area (Å²) >= 11 is 0. The molecule has 0 fully saturated rings. The molecule has 15 heteroatoms. The van der Waals surface area contributed by atoms with Gasteiger partial charge in [-0.1, -0.05) is 150 Å². The van der Waals surface area contributed by atoms with E-state index >= 15 is 0 Å². The first-order valence-electron chi connectivity index (χ1n) is 28.6. The van der Waals surface area contributed by atoms with E-state index in [9.17, 15) is 14.4 Å². The summed E-state index contributed by atoms with van der Waals surface area (Å²) in [4.78, 5) is 35.5. The third-order valence-electron chi connectivity index (χ3n) is 12.4. The third-order valence-corrected chi connectivity index (χ3v) is 12.4. The van der Waals surface area contributed by atoms with Gasteiger partial charge in [0.1, 0.15) is 25.9 Å². The van der Waals surface area contributed by atoms with Crippen LogP contribution in [0.1, 0.15) is 176 Å². The molecule has 0 rings (SSSR count). The summed E-state index contributed by atoms with van der Waals surface area (Å²) in [5, 5.41) is 5.79. The fourth-order valence-corrected chi connectivity index (χ4v) is 7.81. The lowest BCUT2D eigenvalue weighted by Crippen LogP contribution is -2.31. The Kier molecular flexibility index (Phi) is 53.3. The van der Waals surface area contributed by atoms with Crippen molar-refractivity contribution in [2.24, 2.45) is 23.7 Å². The molecule has 426 valence electrons. The number of methoxy groups -OCH3 is 1. The first-order chi connectivity index (χ1) is 35.1. The monoisotopic (exact) mass is 1030 g/mol. The Bertz CT molecular complexity index is 1210. The average molecular weight is 1030 g/mol. The summed E-state index contributed by atoms with van der Waals surface area (Å²) in [5.41, 5.74) is 0. The number of carbonyl (C=O) groups is 3. The van der Waals surface area contributed by atoms with Crippen molar-refractivity contribution in [3.8, 4) is 0 Å². The number of hydrogen-bond acceptors (Lipinski definition) is 15. The van der Waals surface area contributed by atoms with E-state index in [1.165, 1.54) is 83.5 Å². The van der Waals surface area contributed by atoms with Crippen molar-refractivity contribution < 1.29 is 61.8 Å². The van der Waals surface area contributed by atoms with Crippen LogP contribution in [0.3, 0.4) is 0 Å². The largest absolute Gasteiger partial charge is 0.463 e. The molecule has 15 nitrogen and oxygen atoms in total. The van der Waals surface area contributed by atoms with Gasteiger partial charge in [0.25, 0.3) is 0 Å². The van der Waals surface area contributed by atoms with E-state index in [0.29, 0.717) is 105 Å². The van der Waals surface area contributed by atoms with Crippen LogP contribution >= 0.6 is 0 Å². The highest BCUT2D eigenvalue weighted by Gasteiger charge is 2.13. The highest BCUT2D eigenvalue weighted by atomic mass is 16.6. The fourth-order valence-electron chi connectivity index (χ4n) is 7.81. The van der Waals surface area contributed by atoms with E-state index in [4.69, 9.17) is 47.4 Å². The molecule has 0 radical (unpaired) electrons. The second kappa shape index (κ2) is 55.0. The highest BCUT2D eigenvalue weighted by molar-refractivity contribution is 5.72. The minimum absolute atomic E-state index is 0.0149. The van der Waals surface area contributed by atoms with Gasteiger partial charge in [0.2, 0.25) is 0 Å². The molecule has 4 unspecified atom stereocenters. The minimum atomic E-state index is -0.410. The van der Waals surface area contributed by atoms with E-state index in [1.807, 2.05) is 6.08 Å². The van der Waals surface area contributed by atoms with Gasteiger partial charge in [-0.25, -0.2) is 0 Å². The van der Waals surface area contributed by atoms with Crippen molar-refractivity contribution >= 4 is 17.9 Å². The van der Waals surface area contributed by atoms with Crippen molar-refractivity contribution in [3.63, 3.8) is 0 Å². The fraction of sp³-hybridized carbons (Fsp3) is 0.912. The number of carbonyl (C=O) groups excluding carboxylic acids is 3. The van der Waals surface area contributed by atoms with Crippen molar-refractivity contribution in [3.05, 3.63) is 12.2 Å². The van der Waals surface area contributed by atoms with Gasteiger partial charge in [0.05, 0.1) is 79.2 Å². The number of hydrogen-bond donors (Lipinski definition) is 2. The molecule has 0 heterocycles. The zero-order valence-corrected chi connectivity index (χ0v) is 47.1. The Morgan fingerprint density at radius 1 is 0.444 bits per heavy atom. The average Bonchev–Trinajstić information content (AvgIpc) is 3.35. The number of nitrogens with one attached hydrogen (secondary N) is 2. The Morgan fingerprint density at radius 3 is 1.54 bits per heavy atom. The minimum Gasteiger partial charge on any atom is -0.463 e. The standard InChI is InChI=1S/C57H110N2O13/c1-8-9-10-11-12-16-19-34-70-55(60)29-17-14-13-15-18-33-67-48-54(69-35-30-53(6)28-22-27-52(5)26-21-25-51(4)24-20-23-50(2)3)49-68-43-42-65-39-38-64-40-41-66-44-45-72-57(62)47-59-32-37-71-56(61)46-58-31-36-63-7/h16,19,50-54,58-59H,8-15,17-18,20-49H2,1-7H3/b19-16-. The summed E-state index contributed by atoms with van der Waals surface area (Å²) in [6.07, 6.45) is 28.5. The Balaban J connectivity index is 4.27. The highest BCUT2D eigenvalue weighted by Crippen LogP contribution is 2.23. The van der Waals surface area contributed by atoms with Crippen molar-refractivity contribution in [2.75, 3.05) is 132 Å². The van der Waals surface area contributed by atoms with Crippen LogP contribution < -0.4 is 10.6 Å². The quantitative estimate of drug-likeness (QED) is 0.0255. The zero-order chi connectivity index (χ0) is 52.8. The first kappa shape index (κ1) is 69.8. The number of ether oxygens (including phenoxy) is 10. The van der Waals surface area contributed by atoms with Crippen molar-refractivity contribution in [1.29, 1.82) is 0 Å². The summed E-state index contributed by atoms with van der Waals surface area (Å²) in [6, 6.07) is 0. The van der Waals surface area contributed by atoms with Crippen LogP contribution in [0, 0.1) is 23.7 Å². The predicted octanol–water partition coefficient (Wildman–Crippen LogP) is 10.2.